The van der Waals surface area contributed by atoms with Gasteiger partial charge in [-0.3, -0.25) is 11.3 Å². The van der Waals surface area contributed by atoms with Gasteiger partial charge in [-0.1, -0.05) is 25.7 Å². The lowest BCUT2D eigenvalue weighted by molar-refractivity contribution is 0.320. The van der Waals surface area contributed by atoms with E-state index < -0.39 is 0 Å². The van der Waals surface area contributed by atoms with Crippen LogP contribution in [0.4, 0.5) is 0 Å². The summed E-state index contributed by atoms with van der Waals surface area (Å²) in [7, 11) is 0. The Balaban J connectivity index is 1.92. The normalized spacial score (nSPS) is 20.6. The molecule has 1 aliphatic carbocycles. The second kappa shape index (κ2) is 6.38. The minimum absolute atomic E-state index is 0.465. The molecule has 3 N–H and O–H groups in total. The van der Waals surface area contributed by atoms with E-state index in [4.69, 9.17) is 5.84 Å². The molecule has 0 radical (unpaired) electrons. The third-order valence-corrected chi connectivity index (χ3v) is 4.45. The third kappa shape index (κ3) is 3.30. The van der Waals surface area contributed by atoms with Gasteiger partial charge in [0.1, 0.15) is 0 Å². The summed E-state index contributed by atoms with van der Waals surface area (Å²) in [6, 6.07) is 2.68. The summed E-state index contributed by atoms with van der Waals surface area (Å²) >= 11 is 1.77. The Hall–Kier alpha value is -0.380. The van der Waals surface area contributed by atoms with Crippen molar-refractivity contribution < 1.29 is 0 Å². The fourth-order valence-electron chi connectivity index (χ4n) is 2.74. The lowest BCUT2D eigenvalue weighted by Crippen LogP contribution is -2.42. The highest BCUT2D eigenvalue weighted by Crippen LogP contribution is 2.27. The first kappa shape index (κ1) is 12.1. The van der Waals surface area contributed by atoms with Crippen LogP contribution in [-0.4, -0.2) is 6.04 Å². The SMILES string of the molecule is NNC(Cc1ccsc1)C1CCCCCC1. The summed E-state index contributed by atoms with van der Waals surface area (Å²) in [5.41, 5.74) is 4.47. The average molecular weight is 238 g/mol. The molecule has 0 spiro atoms. The molecule has 2 nitrogen and oxygen atoms in total. The lowest BCUT2D eigenvalue weighted by atomic mass is 9.89. The van der Waals surface area contributed by atoms with Gasteiger partial charge in [0.25, 0.3) is 0 Å². The first-order chi connectivity index (χ1) is 7.90. The molecule has 1 atom stereocenters. The van der Waals surface area contributed by atoms with Crippen LogP contribution in [0.25, 0.3) is 0 Å². The number of nitrogens with two attached hydrogens (primary N) is 1. The van der Waals surface area contributed by atoms with Crippen molar-refractivity contribution in [3.05, 3.63) is 22.4 Å². The Morgan fingerprint density at radius 3 is 2.62 bits per heavy atom. The molecule has 3 heteroatoms. The highest BCUT2D eigenvalue weighted by atomic mass is 32.1. The maximum Gasteiger partial charge on any atom is 0.0279 e. The quantitative estimate of drug-likeness (QED) is 0.480. The van der Waals surface area contributed by atoms with E-state index in [1.54, 1.807) is 11.3 Å². The van der Waals surface area contributed by atoms with Crippen molar-refractivity contribution in [2.24, 2.45) is 11.8 Å². The van der Waals surface area contributed by atoms with Crippen molar-refractivity contribution in [2.45, 2.75) is 51.0 Å². The topological polar surface area (TPSA) is 38.0 Å². The van der Waals surface area contributed by atoms with Crippen molar-refractivity contribution in [2.75, 3.05) is 0 Å². The van der Waals surface area contributed by atoms with Crippen LogP contribution in [0.3, 0.4) is 0 Å². The second-order valence-electron chi connectivity index (χ2n) is 4.86. The van der Waals surface area contributed by atoms with Gasteiger partial charge in [-0.05, 0) is 47.6 Å². The van der Waals surface area contributed by atoms with E-state index in [0.29, 0.717) is 6.04 Å². The molecule has 1 unspecified atom stereocenters. The molecule has 0 saturated heterocycles. The molecule has 1 saturated carbocycles. The fourth-order valence-corrected chi connectivity index (χ4v) is 3.42. The Labute approximate surface area is 102 Å². The number of thiophene rings is 1. The summed E-state index contributed by atoms with van der Waals surface area (Å²) < 4.78 is 0. The monoisotopic (exact) mass is 238 g/mol. The lowest BCUT2D eigenvalue weighted by Gasteiger charge is -2.25. The van der Waals surface area contributed by atoms with E-state index in [2.05, 4.69) is 22.3 Å². The molecular formula is C13H22N2S. The minimum atomic E-state index is 0.465. The van der Waals surface area contributed by atoms with E-state index in [9.17, 15) is 0 Å². The van der Waals surface area contributed by atoms with Gasteiger partial charge in [-0.25, -0.2) is 0 Å². The number of hydrazine groups is 1. The minimum Gasteiger partial charge on any atom is -0.271 e. The first-order valence-electron chi connectivity index (χ1n) is 6.37. The van der Waals surface area contributed by atoms with Crippen LogP contribution in [0.2, 0.25) is 0 Å². The van der Waals surface area contributed by atoms with Gasteiger partial charge in [-0.15, -0.1) is 0 Å². The van der Waals surface area contributed by atoms with E-state index in [0.717, 1.165) is 12.3 Å². The maximum absolute atomic E-state index is 5.72. The van der Waals surface area contributed by atoms with Crippen molar-refractivity contribution in [1.29, 1.82) is 0 Å². The Morgan fingerprint density at radius 1 is 1.31 bits per heavy atom. The predicted octanol–water partition coefficient (Wildman–Crippen LogP) is 3.09. The van der Waals surface area contributed by atoms with E-state index in [1.165, 1.54) is 44.1 Å². The van der Waals surface area contributed by atoms with Crippen LogP contribution in [0.1, 0.15) is 44.1 Å². The fraction of sp³-hybridized carbons (Fsp3) is 0.692. The highest BCUT2D eigenvalue weighted by molar-refractivity contribution is 7.07. The van der Waals surface area contributed by atoms with Gasteiger partial charge in [0.15, 0.2) is 0 Å². The van der Waals surface area contributed by atoms with Gasteiger partial charge < -0.3 is 0 Å². The molecule has 1 aliphatic rings. The summed E-state index contributed by atoms with van der Waals surface area (Å²) in [5, 5.41) is 4.39. The predicted molar refractivity (Wildman–Crippen MR) is 70.3 cm³/mol. The highest BCUT2D eigenvalue weighted by Gasteiger charge is 2.21. The molecule has 90 valence electrons. The number of hydrogen-bond acceptors (Lipinski definition) is 3. The molecule has 0 amide bonds. The van der Waals surface area contributed by atoms with E-state index >= 15 is 0 Å². The van der Waals surface area contributed by atoms with Gasteiger partial charge in [0, 0.05) is 6.04 Å². The molecular weight excluding hydrogens is 216 g/mol. The number of rotatable bonds is 4. The molecule has 1 fully saturated rings. The molecule has 16 heavy (non-hydrogen) atoms. The smallest absolute Gasteiger partial charge is 0.0279 e. The molecule has 0 bridgehead atoms. The van der Waals surface area contributed by atoms with Gasteiger partial charge in [0.2, 0.25) is 0 Å². The number of hydrogen-bond donors (Lipinski definition) is 2. The average Bonchev–Trinajstić information content (AvgIpc) is 2.67. The van der Waals surface area contributed by atoms with Crippen LogP contribution in [-0.2, 0) is 6.42 Å². The molecule has 1 heterocycles. The van der Waals surface area contributed by atoms with Gasteiger partial charge in [0.05, 0.1) is 0 Å². The van der Waals surface area contributed by atoms with E-state index in [-0.39, 0.29) is 0 Å². The maximum atomic E-state index is 5.72. The van der Waals surface area contributed by atoms with Crippen LogP contribution in [0.5, 0.6) is 0 Å². The summed E-state index contributed by atoms with van der Waals surface area (Å²) in [5.74, 6) is 6.50. The van der Waals surface area contributed by atoms with Crippen LogP contribution >= 0.6 is 11.3 Å². The second-order valence-corrected chi connectivity index (χ2v) is 5.64. The molecule has 2 rings (SSSR count). The van der Waals surface area contributed by atoms with Crippen LogP contribution in [0, 0.1) is 5.92 Å². The van der Waals surface area contributed by atoms with Crippen molar-refractivity contribution in [3.8, 4) is 0 Å². The van der Waals surface area contributed by atoms with Crippen molar-refractivity contribution in [1.82, 2.24) is 5.43 Å². The summed E-state index contributed by atoms with van der Waals surface area (Å²) in [6.45, 7) is 0. The van der Waals surface area contributed by atoms with Crippen LogP contribution < -0.4 is 11.3 Å². The molecule has 0 aliphatic heterocycles. The largest absolute Gasteiger partial charge is 0.271 e. The third-order valence-electron chi connectivity index (χ3n) is 3.72. The Morgan fingerprint density at radius 2 is 2.06 bits per heavy atom. The van der Waals surface area contributed by atoms with E-state index in [1.807, 2.05) is 0 Å². The van der Waals surface area contributed by atoms with Crippen molar-refractivity contribution >= 4 is 11.3 Å². The Kier molecular flexibility index (Phi) is 4.82. The Bertz CT molecular complexity index is 276. The zero-order valence-corrected chi connectivity index (χ0v) is 10.6. The molecule has 1 aromatic rings. The summed E-state index contributed by atoms with van der Waals surface area (Å²) in [6.07, 6.45) is 9.36. The first-order valence-corrected chi connectivity index (χ1v) is 7.31. The summed E-state index contributed by atoms with van der Waals surface area (Å²) in [4.78, 5) is 0. The van der Waals surface area contributed by atoms with Gasteiger partial charge in [-0.2, -0.15) is 11.3 Å². The standard InChI is InChI=1S/C13H22N2S/c14-15-13(9-11-7-8-16-10-11)12-5-3-1-2-4-6-12/h7-8,10,12-13,15H,1-6,9,14H2. The van der Waals surface area contributed by atoms with Gasteiger partial charge >= 0.3 is 0 Å². The zero-order valence-electron chi connectivity index (χ0n) is 9.82. The number of nitrogens with one attached hydrogen (secondary N) is 1. The van der Waals surface area contributed by atoms with Crippen LogP contribution in [0.15, 0.2) is 16.8 Å². The molecule has 0 aromatic carbocycles. The zero-order chi connectivity index (χ0) is 11.2. The molecule has 1 aromatic heterocycles. The van der Waals surface area contributed by atoms with Crippen molar-refractivity contribution in [3.63, 3.8) is 0 Å².